The number of rotatable bonds is 10. The Hall–Kier alpha value is -4.18. The van der Waals surface area contributed by atoms with E-state index in [9.17, 15) is 9.90 Å². The molecule has 0 aliphatic carbocycles. The Labute approximate surface area is 284 Å². The van der Waals surface area contributed by atoms with Crippen molar-refractivity contribution in [2.45, 2.75) is 51.7 Å². The van der Waals surface area contributed by atoms with E-state index in [1.807, 2.05) is 103 Å². The maximum atomic E-state index is 12.5. The van der Waals surface area contributed by atoms with Crippen molar-refractivity contribution >= 4 is 29.2 Å². The fraction of sp³-hybridized carbons (Fsp3) is 0.243. The Balaban J connectivity index is 1.18. The number of hydrogen-bond acceptors (Lipinski definition) is 5. The number of nitrogens with one attached hydrogen (secondary N) is 2. The summed E-state index contributed by atoms with van der Waals surface area (Å²) in [4.78, 5) is 16.7. The zero-order valence-corrected chi connectivity index (χ0v) is 27.4. The number of aromatic nitrogens is 2. The first-order valence-corrected chi connectivity index (χ1v) is 16.3. The van der Waals surface area contributed by atoms with Gasteiger partial charge in [0.2, 0.25) is 0 Å². The summed E-state index contributed by atoms with van der Waals surface area (Å²) in [6.45, 7) is 3.35. The lowest BCUT2D eigenvalue weighted by atomic mass is 9.90. The molecule has 3 N–H and O–H groups in total. The highest BCUT2D eigenvalue weighted by Crippen LogP contribution is 2.42. The first kappa shape index (κ1) is 32.7. The van der Waals surface area contributed by atoms with Gasteiger partial charge in [-0.2, -0.15) is 0 Å². The van der Waals surface area contributed by atoms with Crippen LogP contribution in [0.2, 0.25) is 10.3 Å². The average Bonchev–Trinajstić information content (AvgIpc) is 3.43. The van der Waals surface area contributed by atoms with Gasteiger partial charge in [0.25, 0.3) is 0 Å². The topological polar surface area (TPSA) is 97.6 Å². The number of hydrogen-bond donors (Lipinski definition) is 3. The van der Waals surface area contributed by atoms with Gasteiger partial charge in [0, 0.05) is 24.6 Å². The Morgan fingerprint density at radius 2 is 1.51 bits per heavy atom. The molecular formula is C37H36Cl2N4O4. The molecule has 1 aliphatic rings. The normalized spacial score (nSPS) is 19.3. The summed E-state index contributed by atoms with van der Waals surface area (Å²) in [5.41, 5.74) is 6.76. The van der Waals surface area contributed by atoms with Crippen molar-refractivity contribution in [3.05, 3.63) is 148 Å². The molecule has 0 spiro atoms. The third-order valence-electron chi connectivity index (χ3n) is 8.48. The summed E-state index contributed by atoms with van der Waals surface area (Å²) in [6.07, 6.45) is 0.433. The molecule has 10 heteroatoms. The van der Waals surface area contributed by atoms with E-state index in [1.165, 1.54) is 0 Å². The maximum Gasteiger partial charge on any atom is 0.315 e. The van der Waals surface area contributed by atoms with Crippen LogP contribution in [0, 0.1) is 5.92 Å². The van der Waals surface area contributed by atoms with Crippen LogP contribution in [0.25, 0.3) is 11.1 Å². The van der Waals surface area contributed by atoms with Gasteiger partial charge < -0.3 is 29.8 Å². The van der Waals surface area contributed by atoms with Gasteiger partial charge in [-0.3, -0.25) is 0 Å². The lowest BCUT2D eigenvalue weighted by Crippen LogP contribution is -2.39. The fourth-order valence-corrected chi connectivity index (χ4v) is 6.10. The van der Waals surface area contributed by atoms with Crippen molar-refractivity contribution in [2.75, 3.05) is 0 Å². The number of aliphatic hydroxyl groups excluding tert-OH is 1. The van der Waals surface area contributed by atoms with Crippen LogP contribution in [0.4, 0.5) is 4.79 Å². The molecule has 0 unspecified atom stereocenters. The molecule has 4 aromatic carbocycles. The molecule has 242 valence electrons. The van der Waals surface area contributed by atoms with Gasteiger partial charge in [-0.1, -0.05) is 133 Å². The van der Waals surface area contributed by atoms with Crippen molar-refractivity contribution in [1.82, 2.24) is 20.2 Å². The summed E-state index contributed by atoms with van der Waals surface area (Å²) in [5.74, 6) is -0.0352. The quantitative estimate of drug-likeness (QED) is 0.141. The highest BCUT2D eigenvalue weighted by atomic mass is 35.5. The van der Waals surface area contributed by atoms with Crippen LogP contribution in [0.15, 0.2) is 109 Å². The summed E-state index contributed by atoms with van der Waals surface area (Å²) in [5, 5.41) is 16.0. The van der Waals surface area contributed by atoms with Crippen LogP contribution >= 0.6 is 23.2 Å². The molecule has 2 heterocycles. The highest BCUT2D eigenvalue weighted by molar-refractivity contribution is 6.40. The second kappa shape index (κ2) is 15.2. The summed E-state index contributed by atoms with van der Waals surface area (Å²) < 4.78 is 15.0. The number of aliphatic hydroxyl groups is 1. The predicted octanol–water partition coefficient (Wildman–Crippen LogP) is 7.84. The van der Waals surface area contributed by atoms with Crippen LogP contribution in [0.5, 0.6) is 0 Å². The van der Waals surface area contributed by atoms with E-state index in [4.69, 9.17) is 32.7 Å². The Bertz CT molecular complexity index is 1780. The molecule has 1 aliphatic heterocycles. The monoisotopic (exact) mass is 670 g/mol. The van der Waals surface area contributed by atoms with Gasteiger partial charge >= 0.3 is 6.03 Å². The molecule has 1 fully saturated rings. The van der Waals surface area contributed by atoms with Crippen molar-refractivity contribution in [3.63, 3.8) is 0 Å². The predicted molar refractivity (Wildman–Crippen MR) is 183 cm³/mol. The Kier molecular flexibility index (Phi) is 10.6. The molecule has 5 aromatic rings. The Morgan fingerprint density at radius 1 is 0.830 bits per heavy atom. The molecule has 1 aromatic heterocycles. The molecule has 47 heavy (non-hydrogen) atoms. The average molecular weight is 672 g/mol. The van der Waals surface area contributed by atoms with E-state index in [1.54, 1.807) is 10.9 Å². The summed E-state index contributed by atoms with van der Waals surface area (Å²) in [7, 11) is 0. The molecule has 0 bridgehead atoms. The van der Waals surface area contributed by atoms with Crippen molar-refractivity contribution < 1.29 is 19.4 Å². The number of carbonyl (C=O) groups excluding carboxylic acids is 1. The lowest BCUT2D eigenvalue weighted by Gasteiger charge is -2.41. The third kappa shape index (κ3) is 7.87. The molecule has 0 radical (unpaired) electrons. The standard InChI is InChI=1S/C37H36Cl2N4O4/c1-24-32(21-43-23-42-34(38)35(43)39)46-36(47-33(24)28-13-11-26(22-44)12-14-28)29-17-15-27(16-18-29)31-10-6-5-9-30(31)20-41-37(45)40-19-25-7-3-2-4-8-25/h2-18,23-24,32-33,36,44H,19-22H2,1H3,(H2,40,41,45)/t24-,32+,33+,36+/m0/s1. The minimum Gasteiger partial charge on any atom is -0.392 e. The van der Waals surface area contributed by atoms with E-state index < -0.39 is 6.29 Å². The molecule has 2 amide bonds. The molecule has 1 saturated heterocycles. The number of ether oxygens (including phenoxy) is 2. The van der Waals surface area contributed by atoms with Gasteiger partial charge in [0.05, 0.1) is 31.7 Å². The van der Waals surface area contributed by atoms with Crippen LogP contribution in [-0.2, 0) is 35.7 Å². The largest absolute Gasteiger partial charge is 0.392 e. The summed E-state index contributed by atoms with van der Waals surface area (Å²) >= 11 is 12.6. The van der Waals surface area contributed by atoms with E-state index >= 15 is 0 Å². The van der Waals surface area contributed by atoms with E-state index in [0.717, 1.165) is 38.9 Å². The number of imidazole rings is 1. The maximum absolute atomic E-state index is 12.5. The third-order valence-corrected chi connectivity index (χ3v) is 9.25. The lowest BCUT2D eigenvalue weighted by molar-refractivity contribution is -0.276. The van der Waals surface area contributed by atoms with Gasteiger partial charge in [0.1, 0.15) is 5.15 Å². The zero-order chi connectivity index (χ0) is 32.8. The van der Waals surface area contributed by atoms with Crippen molar-refractivity contribution in [1.29, 1.82) is 0 Å². The minimum atomic E-state index is -0.643. The number of benzene rings is 4. The van der Waals surface area contributed by atoms with E-state index in [-0.39, 0.29) is 35.9 Å². The second-order valence-electron chi connectivity index (χ2n) is 11.6. The Morgan fingerprint density at radius 3 is 2.21 bits per heavy atom. The van der Waals surface area contributed by atoms with Gasteiger partial charge in [-0.15, -0.1) is 0 Å². The minimum absolute atomic E-state index is 0.0252. The van der Waals surface area contributed by atoms with E-state index in [0.29, 0.717) is 24.8 Å². The zero-order valence-electron chi connectivity index (χ0n) is 25.9. The first-order valence-electron chi connectivity index (χ1n) is 15.5. The van der Waals surface area contributed by atoms with Crippen molar-refractivity contribution in [3.8, 4) is 11.1 Å². The van der Waals surface area contributed by atoms with Crippen LogP contribution < -0.4 is 10.6 Å². The SMILES string of the molecule is C[C@H]1[C@@H](Cn2cnc(Cl)c2Cl)O[C@@H](c2ccc(-c3ccccc3CNC(=O)NCc3ccccc3)cc2)O[C@H]1c1ccc(CO)cc1. The summed E-state index contributed by atoms with van der Waals surface area (Å²) in [6, 6.07) is 33.5. The smallest absolute Gasteiger partial charge is 0.315 e. The number of urea groups is 1. The highest BCUT2D eigenvalue weighted by Gasteiger charge is 2.39. The van der Waals surface area contributed by atoms with E-state index in [2.05, 4.69) is 22.5 Å². The number of amides is 2. The second-order valence-corrected chi connectivity index (χ2v) is 12.3. The number of halogens is 2. The molecule has 6 rings (SSSR count). The van der Waals surface area contributed by atoms with Gasteiger partial charge in [-0.05, 0) is 33.4 Å². The van der Waals surface area contributed by atoms with Crippen molar-refractivity contribution in [2.24, 2.45) is 5.92 Å². The van der Waals surface area contributed by atoms with Crippen LogP contribution in [0.1, 0.15) is 47.1 Å². The van der Waals surface area contributed by atoms with Gasteiger partial charge in [-0.25, -0.2) is 9.78 Å². The molecule has 8 nitrogen and oxygen atoms in total. The molecule has 0 saturated carbocycles. The fourth-order valence-electron chi connectivity index (χ4n) is 5.78. The van der Waals surface area contributed by atoms with Crippen LogP contribution in [0.3, 0.4) is 0 Å². The first-order chi connectivity index (χ1) is 22.9. The van der Waals surface area contributed by atoms with Crippen LogP contribution in [-0.4, -0.2) is 26.8 Å². The van der Waals surface area contributed by atoms with Gasteiger partial charge in [0.15, 0.2) is 11.4 Å². The molecule has 4 atom stereocenters. The number of nitrogens with zero attached hydrogens (tertiary/aromatic N) is 2. The molecular weight excluding hydrogens is 635 g/mol. The number of carbonyl (C=O) groups is 1.